The SMILES string of the molecule is C=C(CCC(=O)N1c2ccccc2N(Cc2ccc(NC(=O)c3ccccc3F)cc2)C(=C)C[C@H]1CCCS)c1ccccc1C(C)=O. The van der Waals surface area contributed by atoms with Crippen LogP contribution in [0.15, 0.2) is 116 Å². The lowest BCUT2D eigenvalue weighted by molar-refractivity contribution is -0.119. The molecule has 1 atom stereocenters. The summed E-state index contributed by atoms with van der Waals surface area (Å²) < 4.78 is 14.1. The quantitative estimate of drug-likeness (QED) is 0.117. The van der Waals surface area contributed by atoms with E-state index in [2.05, 4.69) is 36.0 Å². The van der Waals surface area contributed by atoms with Crippen LogP contribution in [0.1, 0.15) is 70.9 Å². The average molecular weight is 662 g/mol. The first-order valence-corrected chi connectivity index (χ1v) is 16.7. The van der Waals surface area contributed by atoms with Crippen molar-refractivity contribution in [3.05, 3.63) is 144 Å². The van der Waals surface area contributed by atoms with Crippen molar-refractivity contribution < 1.29 is 18.8 Å². The Morgan fingerprint density at radius 1 is 0.854 bits per heavy atom. The third-order valence-electron chi connectivity index (χ3n) is 8.61. The molecule has 0 bridgehead atoms. The van der Waals surface area contributed by atoms with Gasteiger partial charge in [0.15, 0.2) is 5.78 Å². The van der Waals surface area contributed by atoms with E-state index in [0.29, 0.717) is 36.4 Å². The van der Waals surface area contributed by atoms with Crippen LogP contribution in [0.4, 0.5) is 21.5 Å². The number of hydrogen-bond donors (Lipinski definition) is 2. The molecule has 1 heterocycles. The van der Waals surface area contributed by atoms with Crippen LogP contribution in [0.25, 0.3) is 5.57 Å². The van der Waals surface area contributed by atoms with Crippen LogP contribution >= 0.6 is 12.6 Å². The van der Waals surface area contributed by atoms with Gasteiger partial charge < -0.3 is 15.1 Å². The third-order valence-corrected chi connectivity index (χ3v) is 8.93. The topological polar surface area (TPSA) is 69.7 Å². The van der Waals surface area contributed by atoms with Crippen LogP contribution in [-0.2, 0) is 11.3 Å². The number of para-hydroxylation sites is 2. The molecule has 0 saturated carbocycles. The minimum atomic E-state index is -0.576. The summed E-state index contributed by atoms with van der Waals surface area (Å²) in [5, 5.41) is 2.76. The van der Waals surface area contributed by atoms with Crippen LogP contribution in [0.5, 0.6) is 0 Å². The first kappa shape index (κ1) is 34.4. The van der Waals surface area contributed by atoms with E-state index in [9.17, 15) is 18.8 Å². The van der Waals surface area contributed by atoms with Gasteiger partial charge in [0.05, 0.1) is 16.9 Å². The molecular weight excluding hydrogens is 622 g/mol. The Kier molecular flexibility index (Phi) is 11.3. The molecule has 1 N–H and O–H groups in total. The van der Waals surface area contributed by atoms with Gasteiger partial charge in [-0.2, -0.15) is 12.6 Å². The molecule has 48 heavy (non-hydrogen) atoms. The Hall–Kier alpha value is -4.95. The summed E-state index contributed by atoms with van der Waals surface area (Å²) >= 11 is 4.46. The zero-order valence-corrected chi connectivity index (χ0v) is 28.0. The number of allylic oxidation sites excluding steroid dienone is 1. The highest BCUT2D eigenvalue weighted by atomic mass is 32.1. The summed E-state index contributed by atoms with van der Waals surface area (Å²) in [6, 6.07) is 28.5. The van der Waals surface area contributed by atoms with Gasteiger partial charge in [-0.1, -0.05) is 73.8 Å². The van der Waals surface area contributed by atoms with E-state index in [4.69, 9.17) is 0 Å². The summed E-state index contributed by atoms with van der Waals surface area (Å²) in [4.78, 5) is 43.1. The Balaban J connectivity index is 1.37. The molecule has 2 amide bonds. The van der Waals surface area contributed by atoms with Crippen LogP contribution in [0.2, 0.25) is 0 Å². The minimum absolute atomic E-state index is 0.0160. The lowest BCUT2D eigenvalue weighted by atomic mass is 9.95. The molecule has 0 saturated heterocycles. The van der Waals surface area contributed by atoms with E-state index in [0.717, 1.165) is 46.6 Å². The van der Waals surface area contributed by atoms with Crippen molar-refractivity contribution in [2.24, 2.45) is 0 Å². The number of carbonyl (C=O) groups is 3. The number of anilines is 3. The molecule has 5 rings (SSSR count). The third kappa shape index (κ3) is 7.94. The minimum Gasteiger partial charge on any atom is -0.340 e. The van der Waals surface area contributed by atoms with E-state index in [1.807, 2.05) is 59.5 Å². The second-order valence-electron chi connectivity index (χ2n) is 12.0. The van der Waals surface area contributed by atoms with Crippen LogP contribution in [0.3, 0.4) is 0 Å². The number of thiol groups is 1. The summed E-state index contributed by atoms with van der Waals surface area (Å²) in [6.07, 6.45) is 2.85. The molecule has 0 fully saturated rings. The van der Waals surface area contributed by atoms with Crippen molar-refractivity contribution in [1.82, 2.24) is 0 Å². The highest BCUT2D eigenvalue weighted by Crippen LogP contribution is 2.41. The van der Waals surface area contributed by atoms with Crippen molar-refractivity contribution in [2.75, 3.05) is 20.9 Å². The molecule has 0 spiro atoms. The summed E-state index contributed by atoms with van der Waals surface area (Å²) in [6.45, 7) is 10.7. The number of Topliss-reactive ketones (excluding diaryl/α,β-unsaturated/α-hetero) is 1. The fourth-order valence-electron chi connectivity index (χ4n) is 6.16. The molecule has 0 aliphatic carbocycles. The maximum Gasteiger partial charge on any atom is 0.258 e. The van der Waals surface area contributed by atoms with Gasteiger partial charge in [-0.05, 0) is 85.0 Å². The smallest absolute Gasteiger partial charge is 0.258 e. The molecule has 6 nitrogen and oxygen atoms in total. The number of halogens is 1. The predicted molar refractivity (Wildman–Crippen MR) is 196 cm³/mol. The lowest BCUT2D eigenvalue weighted by Crippen LogP contribution is -2.40. The number of nitrogens with one attached hydrogen (secondary N) is 1. The normalized spacial score (nSPS) is 14.2. The first-order chi connectivity index (χ1) is 23.2. The lowest BCUT2D eigenvalue weighted by Gasteiger charge is -2.31. The number of fused-ring (bicyclic) bond motifs is 1. The Bertz CT molecular complexity index is 1840. The predicted octanol–water partition coefficient (Wildman–Crippen LogP) is 9.11. The van der Waals surface area contributed by atoms with E-state index >= 15 is 0 Å². The number of amides is 2. The second-order valence-corrected chi connectivity index (χ2v) is 12.4. The summed E-state index contributed by atoms with van der Waals surface area (Å²) in [5.74, 6) is -0.438. The van der Waals surface area contributed by atoms with E-state index in [-0.39, 0.29) is 29.7 Å². The summed E-state index contributed by atoms with van der Waals surface area (Å²) in [5.41, 5.74) is 6.22. The van der Waals surface area contributed by atoms with Crippen molar-refractivity contribution in [3.63, 3.8) is 0 Å². The van der Waals surface area contributed by atoms with Crippen molar-refractivity contribution in [1.29, 1.82) is 0 Å². The molecule has 0 radical (unpaired) electrons. The van der Waals surface area contributed by atoms with Crippen LogP contribution in [-0.4, -0.2) is 29.4 Å². The van der Waals surface area contributed by atoms with Gasteiger partial charge in [0, 0.05) is 42.4 Å². The first-order valence-electron chi connectivity index (χ1n) is 16.1. The average Bonchev–Trinajstić information content (AvgIpc) is 3.20. The maximum atomic E-state index is 14.2. The molecule has 4 aromatic rings. The molecule has 1 aliphatic rings. The molecular formula is C40H40FN3O3S. The Morgan fingerprint density at radius 2 is 1.48 bits per heavy atom. The number of nitrogens with zero attached hydrogens (tertiary/aromatic N) is 2. The molecule has 0 unspecified atom stereocenters. The molecule has 246 valence electrons. The Labute approximate surface area is 287 Å². The van der Waals surface area contributed by atoms with Crippen molar-refractivity contribution in [2.45, 2.75) is 51.6 Å². The van der Waals surface area contributed by atoms with E-state index in [1.165, 1.54) is 19.1 Å². The van der Waals surface area contributed by atoms with Crippen LogP contribution < -0.4 is 15.1 Å². The zero-order valence-electron chi connectivity index (χ0n) is 27.1. The van der Waals surface area contributed by atoms with Gasteiger partial charge in [-0.25, -0.2) is 4.39 Å². The van der Waals surface area contributed by atoms with Gasteiger partial charge in [0.25, 0.3) is 5.91 Å². The van der Waals surface area contributed by atoms with Crippen molar-refractivity contribution >= 4 is 52.9 Å². The number of rotatable bonds is 12. The van der Waals surface area contributed by atoms with Gasteiger partial charge >= 0.3 is 0 Å². The van der Waals surface area contributed by atoms with Gasteiger partial charge in [-0.15, -0.1) is 0 Å². The molecule has 8 heteroatoms. The number of hydrogen-bond acceptors (Lipinski definition) is 5. The maximum absolute atomic E-state index is 14.2. The monoisotopic (exact) mass is 661 g/mol. The van der Waals surface area contributed by atoms with Gasteiger partial charge in [0.2, 0.25) is 5.91 Å². The van der Waals surface area contributed by atoms with Crippen LogP contribution in [0, 0.1) is 5.82 Å². The highest BCUT2D eigenvalue weighted by molar-refractivity contribution is 7.80. The molecule has 1 aliphatic heterocycles. The highest BCUT2D eigenvalue weighted by Gasteiger charge is 2.33. The number of benzene rings is 4. The molecule has 4 aromatic carbocycles. The van der Waals surface area contributed by atoms with E-state index < -0.39 is 11.7 Å². The standard InChI is InChI=1S/C40H40FN3O3S/c1-27(33-12-4-5-13-34(33)29(3)45)18-23-39(46)44-32(11-10-24-48)25-28(2)43(37-16-8-9-17-38(37)44)26-30-19-21-31(22-20-30)42-40(47)35-14-6-7-15-36(35)41/h4-9,12-17,19-22,32,48H,1-2,10-11,18,23-26H2,3H3,(H,42,47)/t32-/m1/s1. The Morgan fingerprint density at radius 3 is 2.15 bits per heavy atom. The van der Waals surface area contributed by atoms with E-state index in [1.54, 1.807) is 30.3 Å². The van der Waals surface area contributed by atoms with Crippen molar-refractivity contribution in [3.8, 4) is 0 Å². The fraction of sp³-hybridized carbons (Fsp3) is 0.225. The fourth-order valence-corrected chi connectivity index (χ4v) is 6.34. The zero-order chi connectivity index (χ0) is 34.2. The van der Waals surface area contributed by atoms with Gasteiger partial charge in [0.1, 0.15) is 5.82 Å². The second kappa shape index (κ2) is 15.8. The molecule has 0 aromatic heterocycles. The number of carbonyl (C=O) groups excluding carboxylic acids is 3. The number of ketones is 1. The summed E-state index contributed by atoms with van der Waals surface area (Å²) in [7, 11) is 0. The van der Waals surface area contributed by atoms with Gasteiger partial charge in [-0.3, -0.25) is 14.4 Å². The largest absolute Gasteiger partial charge is 0.340 e.